The number of nitrogens with two attached hydrogens (primary N) is 1. The Hall–Kier alpha value is -1.51. The van der Waals surface area contributed by atoms with Crippen LogP contribution >= 0.6 is 0 Å². The maximum atomic E-state index is 11.7. The van der Waals surface area contributed by atoms with Gasteiger partial charge in [-0.05, 0) is 39.3 Å². The zero-order chi connectivity index (χ0) is 12.3. The quantitative estimate of drug-likeness (QED) is 0.749. The minimum atomic E-state index is -0.199. The van der Waals surface area contributed by atoms with Crippen molar-refractivity contribution in [2.45, 2.75) is 39.7 Å². The predicted octanol–water partition coefficient (Wildman–Crippen LogP) is 2.03. The first kappa shape index (κ1) is 12.6. The van der Waals surface area contributed by atoms with Gasteiger partial charge in [-0.15, -0.1) is 0 Å². The summed E-state index contributed by atoms with van der Waals surface area (Å²) in [6, 6.07) is 5.74. The zero-order valence-corrected chi connectivity index (χ0v) is 10.4. The first-order valence-corrected chi connectivity index (χ1v) is 5.44. The molecule has 0 aliphatic carbocycles. The van der Waals surface area contributed by atoms with Gasteiger partial charge in [0.15, 0.2) is 0 Å². The van der Waals surface area contributed by atoms with E-state index in [9.17, 15) is 4.79 Å². The van der Waals surface area contributed by atoms with E-state index in [-0.39, 0.29) is 11.4 Å². The van der Waals surface area contributed by atoms with Crippen molar-refractivity contribution >= 4 is 11.6 Å². The van der Waals surface area contributed by atoms with Gasteiger partial charge in [-0.1, -0.05) is 17.7 Å². The van der Waals surface area contributed by atoms with Crippen LogP contribution < -0.4 is 11.1 Å². The van der Waals surface area contributed by atoms with Crippen LogP contribution in [0.2, 0.25) is 0 Å². The molecule has 0 saturated carbocycles. The van der Waals surface area contributed by atoms with Gasteiger partial charge >= 0.3 is 0 Å². The van der Waals surface area contributed by atoms with Gasteiger partial charge in [0.1, 0.15) is 0 Å². The van der Waals surface area contributed by atoms with Gasteiger partial charge in [0.05, 0.1) is 6.42 Å². The largest absolute Gasteiger partial charge is 0.398 e. The van der Waals surface area contributed by atoms with Crippen molar-refractivity contribution in [2.75, 3.05) is 5.73 Å². The van der Waals surface area contributed by atoms with Gasteiger partial charge in [-0.3, -0.25) is 4.79 Å². The number of carbonyl (C=O) groups excluding carboxylic acids is 1. The molecule has 3 heteroatoms. The van der Waals surface area contributed by atoms with E-state index in [4.69, 9.17) is 5.73 Å². The lowest BCUT2D eigenvalue weighted by Gasteiger charge is -2.20. The van der Waals surface area contributed by atoms with Crippen molar-refractivity contribution in [1.29, 1.82) is 0 Å². The lowest BCUT2D eigenvalue weighted by Crippen LogP contribution is -2.41. The number of hydrogen-bond acceptors (Lipinski definition) is 2. The molecular formula is C13H20N2O. The lowest BCUT2D eigenvalue weighted by molar-refractivity contribution is -0.121. The number of anilines is 1. The lowest BCUT2D eigenvalue weighted by atomic mass is 10.0. The van der Waals surface area contributed by atoms with Crippen LogP contribution in [0.25, 0.3) is 0 Å². The average Bonchev–Trinajstić information content (AvgIpc) is 2.08. The van der Waals surface area contributed by atoms with Gasteiger partial charge in [-0.25, -0.2) is 0 Å². The number of benzene rings is 1. The highest BCUT2D eigenvalue weighted by molar-refractivity contribution is 5.80. The van der Waals surface area contributed by atoms with Crippen LogP contribution in [0.4, 0.5) is 5.69 Å². The summed E-state index contributed by atoms with van der Waals surface area (Å²) >= 11 is 0. The molecule has 0 radical (unpaired) electrons. The first-order valence-electron chi connectivity index (χ1n) is 5.44. The van der Waals surface area contributed by atoms with E-state index in [2.05, 4.69) is 5.32 Å². The van der Waals surface area contributed by atoms with E-state index in [1.54, 1.807) is 0 Å². The summed E-state index contributed by atoms with van der Waals surface area (Å²) < 4.78 is 0. The van der Waals surface area contributed by atoms with E-state index in [0.717, 1.165) is 11.1 Å². The number of aryl methyl sites for hydroxylation is 1. The molecule has 0 atom stereocenters. The Labute approximate surface area is 97.0 Å². The molecule has 1 aromatic rings. The van der Waals surface area contributed by atoms with E-state index < -0.39 is 0 Å². The highest BCUT2D eigenvalue weighted by Gasteiger charge is 2.14. The Balaban J connectivity index is 2.73. The Morgan fingerprint density at radius 3 is 2.56 bits per heavy atom. The zero-order valence-electron chi connectivity index (χ0n) is 10.4. The van der Waals surface area contributed by atoms with Crippen molar-refractivity contribution in [3.8, 4) is 0 Å². The maximum absolute atomic E-state index is 11.7. The topological polar surface area (TPSA) is 55.1 Å². The Morgan fingerprint density at radius 1 is 1.38 bits per heavy atom. The Bertz CT molecular complexity index is 391. The van der Waals surface area contributed by atoms with Crippen LogP contribution in [0.15, 0.2) is 18.2 Å². The van der Waals surface area contributed by atoms with Crippen molar-refractivity contribution in [2.24, 2.45) is 0 Å². The highest BCUT2D eigenvalue weighted by atomic mass is 16.1. The second-order valence-electron chi connectivity index (χ2n) is 5.18. The maximum Gasteiger partial charge on any atom is 0.224 e. The minimum Gasteiger partial charge on any atom is -0.398 e. The van der Waals surface area contributed by atoms with Crippen molar-refractivity contribution < 1.29 is 4.79 Å². The molecule has 0 spiro atoms. The van der Waals surface area contributed by atoms with Crippen LogP contribution in [-0.2, 0) is 11.2 Å². The van der Waals surface area contributed by atoms with Crippen molar-refractivity contribution in [1.82, 2.24) is 5.32 Å². The van der Waals surface area contributed by atoms with Crippen LogP contribution in [0.3, 0.4) is 0 Å². The van der Waals surface area contributed by atoms with Gasteiger partial charge in [0.2, 0.25) is 5.91 Å². The van der Waals surface area contributed by atoms with Gasteiger partial charge in [0.25, 0.3) is 0 Å². The number of rotatable bonds is 2. The van der Waals surface area contributed by atoms with Crippen molar-refractivity contribution in [3.05, 3.63) is 29.3 Å². The minimum absolute atomic E-state index is 0.00444. The third kappa shape index (κ3) is 3.93. The van der Waals surface area contributed by atoms with Gasteiger partial charge in [0, 0.05) is 11.2 Å². The molecule has 0 aromatic heterocycles. The summed E-state index contributed by atoms with van der Waals surface area (Å²) in [5.41, 5.74) is 8.31. The van der Waals surface area contributed by atoms with Crippen LogP contribution in [-0.4, -0.2) is 11.4 Å². The SMILES string of the molecule is Cc1ccc(N)c(CC(=O)NC(C)(C)C)c1. The van der Waals surface area contributed by atoms with Crippen LogP contribution in [0, 0.1) is 6.92 Å². The molecule has 1 amide bonds. The number of nitrogen functional groups attached to an aromatic ring is 1. The molecule has 0 fully saturated rings. The fourth-order valence-electron chi connectivity index (χ4n) is 1.52. The fraction of sp³-hybridized carbons (Fsp3) is 0.462. The standard InChI is InChI=1S/C13H20N2O/c1-9-5-6-11(14)10(7-9)8-12(16)15-13(2,3)4/h5-7H,8,14H2,1-4H3,(H,15,16). The molecule has 16 heavy (non-hydrogen) atoms. The second-order valence-corrected chi connectivity index (χ2v) is 5.18. The fourth-order valence-corrected chi connectivity index (χ4v) is 1.52. The summed E-state index contributed by atoms with van der Waals surface area (Å²) in [5, 5.41) is 2.92. The summed E-state index contributed by atoms with van der Waals surface area (Å²) in [4.78, 5) is 11.7. The predicted molar refractivity (Wildman–Crippen MR) is 67.2 cm³/mol. The van der Waals surface area contributed by atoms with E-state index >= 15 is 0 Å². The molecule has 0 bridgehead atoms. The molecule has 1 rings (SSSR count). The summed E-state index contributed by atoms with van der Waals surface area (Å²) in [5.74, 6) is 0.00444. The van der Waals surface area contributed by atoms with E-state index in [1.807, 2.05) is 45.9 Å². The molecule has 3 nitrogen and oxygen atoms in total. The molecule has 0 aliphatic heterocycles. The Kier molecular flexibility index (Phi) is 3.58. The second kappa shape index (κ2) is 4.56. The van der Waals surface area contributed by atoms with Crippen LogP contribution in [0.5, 0.6) is 0 Å². The summed E-state index contributed by atoms with van der Waals surface area (Å²) in [7, 11) is 0. The summed E-state index contributed by atoms with van der Waals surface area (Å²) in [6.45, 7) is 7.88. The monoisotopic (exact) mass is 220 g/mol. The number of nitrogens with one attached hydrogen (secondary N) is 1. The number of amides is 1. The Morgan fingerprint density at radius 2 is 2.00 bits per heavy atom. The third-order valence-electron chi connectivity index (χ3n) is 2.16. The molecule has 0 aliphatic rings. The van der Waals surface area contributed by atoms with Gasteiger partial charge < -0.3 is 11.1 Å². The summed E-state index contributed by atoms with van der Waals surface area (Å²) in [6.07, 6.45) is 0.338. The van der Waals surface area contributed by atoms with Crippen molar-refractivity contribution in [3.63, 3.8) is 0 Å². The average molecular weight is 220 g/mol. The number of carbonyl (C=O) groups is 1. The van der Waals surface area contributed by atoms with Crippen LogP contribution in [0.1, 0.15) is 31.9 Å². The molecule has 0 saturated heterocycles. The molecule has 1 aromatic carbocycles. The molecule has 0 heterocycles. The number of hydrogen-bond donors (Lipinski definition) is 2. The van der Waals surface area contributed by atoms with E-state index in [1.165, 1.54) is 0 Å². The third-order valence-corrected chi connectivity index (χ3v) is 2.16. The molecule has 0 unspecified atom stereocenters. The smallest absolute Gasteiger partial charge is 0.224 e. The highest BCUT2D eigenvalue weighted by Crippen LogP contribution is 2.14. The first-order chi connectivity index (χ1) is 7.28. The molecule has 3 N–H and O–H groups in total. The molecular weight excluding hydrogens is 200 g/mol. The molecule has 88 valence electrons. The van der Waals surface area contributed by atoms with E-state index in [0.29, 0.717) is 12.1 Å². The normalized spacial score (nSPS) is 11.2. The van der Waals surface area contributed by atoms with Gasteiger partial charge in [-0.2, -0.15) is 0 Å².